The van der Waals surface area contributed by atoms with Crippen molar-refractivity contribution in [2.45, 2.75) is 27.2 Å². The van der Waals surface area contributed by atoms with Crippen molar-refractivity contribution in [1.82, 2.24) is 0 Å². The van der Waals surface area contributed by atoms with Crippen LogP contribution in [0.3, 0.4) is 0 Å². The fraction of sp³-hybridized carbons (Fsp3) is 0.857. The van der Waals surface area contributed by atoms with E-state index < -0.39 is 0 Å². The number of carbonyl (C=O) groups excluding carboxylic acids is 1. The molecule has 0 unspecified atom stereocenters. The molecule has 2 heteroatoms. The van der Waals surface area contributed by atoms with Gasteiger partial charge in [0.15, 0.2) is 0 Å². The van der Waals surface area contributed by atoms with Crippen LogP contribution in [0.1, 0.15) is 27.2 Å². The lowest BCUT2D eigenvalue weighted by atomic mass is 10.1. The Balaban J connectivity index is 0. The predicted molar refractivity (Wildman–Crippen MR) is 40.2 cm³/mol. The number of hydrogen-bond donors (Lipinski definition) is 1. The van der Waals surface area contributed by atoms with Crippen LogP contribution in [-0.4, -0.2) is 12.8 Å². The SMILES string of the molecule is CC(=O)CC(C)C.CN. The van der Waals surface area contributed by atoms with Crippen LogP contribution in [0.25, 0.3) is 0 Å². The Bertz CT molecular complexity index is 69.3. The van der Waals surface area contributed by atoms with Crippen LogP contribution in [0.15, 0.2) is 0 Å². The van der Waals surface area contributed by atoms with Gasteiger partial charge in [0.1, 0.15) is 5.78 Å². The fourth-order valence-corrected chi connectivity index (χ4v) is 0.575. The normalized spacial score (nSPS) is 8.22. The molecule has 9 heavy (non-hydrogen) atoms. The summed E-state index contributed by atoms with van der Waals surface area (Å²) in [7, 11) is 1.50. The molecule has 0 fully saturated rings. The van der Waals surface area contributed by atoms with Gasteiger partial charge in [-0.05, 0) is 19.9 Å². The highest BCUT2D eigenvalue weighted by Gasteiger charge is 1.95. The number of rotatable bonds is 2. The zero-order chi connectivity index (χ0) is 7.86. The molecule has 0 aromatic carbocycles. The van der Waals surface area contributed by atoms with Crippen molar-refractivity contribution in [3.05, 3.63) is 0 Å². The predicted octanol–water partition coefficient (Wildman–Crippen LogP) is 1.20. The lowest BCUT2D eigenvalue weighted by Gasteiger charge is -1.95. The molecule has 0 aromatic rings. The summed E-state index contributed by atoms with van der Waals surface area (Å²) in [6.45, 7) is 5.71. The van der Waals surface area contributed by atoms with Crippen molar-refractivity contribution in [2.24, 2.45) is 11.7 Å². The van der Waals surface area contributed by atoms with E-state index in [1.807, 2.05) is 13.8 Å². The average Bonchev–Trinajstić information content (AvgIpc) is 1.68. The molecule has 0 spiro atoms. The molecule has 0 aliphatic heterocycles. The molecule has 0 saturated heterocycles. The van der Waals surface area contributed by atoms with Crippen molar-refractivity contribution in [3.63, 3.8) is 0 Å². The lowest BCUT2D eigenvalue weighted by molar-refractivity contribution is -0.117. The summed E-state index contributed by atoms with van der Waals surface area (Å²) in [5.41, 5.74) is 4.50. The first-order chi connectivity index (χ1) is 4.13. The topological polar surface area (TPSA) is 43.1 Å². The van der Waals surface area contributed by atoms with Crippen LogP contribution in [0.2, 0.25) is 0 Å². The summed E-state index contributed by atoms with van der Waals surface area (Å²) in [6.07, 6.45) is 0.722. The first kappa shape index (κ1) is 11.4. The summed E-state index contributed by atoms with van der Waals surface area (Å²) in [4.78, 5) is 10.3. The van der Waals surface area contributed by atoms with E-state index in [1.54, 1.807) is 6.92 Å². The third-order valence-electron chi connectivity index (χ3n) is 0.696. The molecule has 0 amide bonds. The number of nitrogens with two attached hydrogens (primary N) is 1. The first-order valence-electron chi connectivity index (χ1n) is 3.20. The quantitative estimate of drug-likeness (QED) is 0.612. The van der Waals surface area contributed by atoms with E-state index in [4.69, 9.17) is 0 Å². The third kappa shape index (κ3) is 18.4. The molecule has 0 aromatic heterocycles. The summed E-state index contributed by atoms with van der Waals surface area (Å²) in [5.74, 6) is 0.813. The Morgan fingerprint density at radius 3 is 1.78 bits per heavy atom. The maximum atomic E-state index is 10.3. The molecular weight excluding hydrogens is 114 g/mol. The van der Waals surface area contributed by atoms with E-state index in [9.17, 15) is 4.79 Å². The monoisotopic (exact) mass is 131 g/mol. The van der Waals surface area contributed by atoms with Crippen LogP contribution >= 0.6 is 0 Å². The van der Waals surface area contributed by atoms with Crippen LogP contribution in [0.4, 0.5) is 0 Å². The number of hydrogen-bond acceptors (Lipinski definition) is 2. The Hall–Kier alpha value is -0.370. The molecule has 56 valence electrons. The van der Waals surface area contributed by atoms with Gasteiger partial charge in [0, 0.05) is 6.42 Å². The number of Topliss-reactive ketones (excluding diaryl/α,β-unsaturated/α-hetero) is 1. The molecule has 2 nitrogen and oxygen atoms in total. The average molecular weight is 131 g/mol. The van der Waals surface area contributed by atoms with Gasteiger partial charge < -0.3 is 10.5 Å². The van der Waals surface area contributed by atoms with Crippen LogP contribution < -0.4 is 5.73 Å². The van der Waals surface area contributed by atoms with E-state index in [2.05, 4.69) is 5.73 Å². The van der Waals surface area contributed by atoms with Crippen molar-refractivity contribution in [2.75, 3.05) is 7.05 Å². The Labute approximate surface area is 57.4 Å². The molecule has 0 atom stereocenters. The maximum absolute atomic E-state index is 10.3. The minimum Gasteiger partial charge on any atom is -0.333 e. The van der Waals surface area contributed by atoms with Gasteiger partial charge >= 0.3 is 0 Å². The van der Waals surface area contributed by atoms with Crippen LogP contribution in [0, 0.1) is 5.92 Å². The summed E-state index contributed by atoms with van der Waals surface area (Å²) in [5, 5.41) is 0. The first-order valence-corrected chi connectivity index (χ1v) is 3.20. The van der Waals surface area contributed by atoms with Gasteiger partial charge in [0.25, 0.3) is 0 Å². The largest absolute Gasteiger partial charge is 0.333 e. The Morgan fingerprint density at radius 2 is 1.78 bits per heavy atom. The summed E-state index contributed by atoms with van der Waals surface area (Å²) in [6, 6.07) is 0. The highest BCUT2D eigenvalue weighted by molar-refractivity contribution is 5.75. The van der Waals surface area contributed by atoms with E-state index in [-0.39, 0.29) is 5.78 Å². The number of ketones is 1. The minimum absolute atomic E-state index is 0.287. The van der Waals surface area contributed by atoms with Gasteiger partial charge in [-0.1, -0.05) is 13.8 Å². The fourth-order valence-electron chi connectivity index (χ4n) is 0.575. The smallest absolute Gasteiger partial charge is 0.130 e. The van der Waals surface area contributed by atoms with Gasteiger partial charge in [-0.25, -0.2) is 0 Å². The van der Waals surface area contributed by atoms with E-state index in [0.29, 0.717) is 5.92 Å². The molecule has 2 N–H and O–H groups in total. The van der Waals surface area contributed by atoms with Crippen LogP contribution in [0.5, 0.6) is 0 Å². The van der Waals surface area contributed by atoms with Gasteiger partial charge in [-0.2, -0.15) is 0 Å². The highest BCUT2D eigenvalue weighted by Crippen LogP contribution is 1.97. The van der Waals surface area contributed by atoms with E-state index in [1.165, 1.54) is 7.05 Å². The molecular formula is C7H17NO. The van der Waals surface area contributed by atoms with E-state index >= 15 is 0 Å². The van der Waals surface area contributed by atoms with Crippen molar-refractivity contribution in [3.8, 4) is 0 Å². The molecule has 0 radical (unpaired) electrons. The molecule has 0 rings (SSSR count). The van der Waals surface area contributed by atoms with Gasteiger partial charge in [-0.3, -0.25) is 0 Å². The summed E-state index contributed by atoms with van der Waals surface area (Å²) < 4.78 is 0. The highest BCUT2D eigenvalue weighted by atomic mass is 16.1. The molecule has 0 heterocycles. The molecule has 0 saturated carbocycles. The lowest BCUT2D eigenvalue weighted by Crippen LogP contribution is -1.95. The number of carbonyl (C=O) groups is 1. The van der Waals surface area contributed by atoms with Crippen molar-refractivity contribution >= 4 is 5.78 Å². The zero-order valence-corrected chi connectivity index (χ0v) is 6.77. The molecule has 0 aliphatic rings. The molecule has 0 aliphatic carbocycles. The second kappa shape index (κ2) is 7.63. The van der Waals surface area contributed by atoms with Gasteiger partial charge in [0.2, 0.25) is 0 Å². The maximum Gasteiger partial charge on any atom is 0.130 e. The van der Waals surface area contributed by atoms with Crippen molar-refractivity contribution in [1.29, 1.82) is 0 Å². The van der Waals surface area contributed by atoms with Crippen LogP contribution in [-0.2, 0) is 4.79 Å². The summed E-state index contributed by atoms with van der Waals surface area (Å²) >= 11 is 0. The standard InChI is InChI=1S/C6H12O.CH5N/c1-5(2)4-6(3)7;1-2/h5H,4H2,1-3H3;2H2,1H3. The van der Waals surface area contributed by atoms with Gasteiger partial charge in [0.05, 0.1) is 0 Å². The van der Waals surface area contributed by atoms with E-state index in [0.717, 1.165) is 6.42 Å². The minimum atomic E-state index is 0.287. The second-order valence-corrected chi connectivity index (χ2v) is 2.30. The van der Waals surface area contributed by atoms with Crippen molar-refractivity contribution < 1.29 is 4.79 Å². The Morgan fingerprint density at radius 1 is 1.44 bits per heavy atom. The van der Waals surface area contributed by atoms with Gasteiger partial charge in [-0.15, -0.1) is 0 Å². The third-order valence-corrected chi connectivity index (χ3v) is 0.696. The zero-order valence-electron chi connectivity index (χ0n) is 6.77. The Kier molecular flexibility index (Phi) is 9.69. The molecule has 0 bridgehead atoms. The second-order valence-electron chi connectivity index (χ2n) is 2.30.